The van der Waals surface area contributed by atoms with Crippen LogP contribution in [0.2, 0.25) is 0 Å². The molecule has 0 spiro atoms. The van der Waals surface area contributed by atoms with Crippen LogP contribution in [0.5, 0.6) is 0 Å². The van der Waals surface area contributed by atoms with E-state index in [1.165, 1.54) is 12.6 Å². The molecule has 0 saturated carbocycles. The topological polar surface area (TPSA) is 84.3 Å². The molecule has 1 aliphatic carbocycles. The Balaban J connectivity index is 1.50. The molecule has 1 fully saturated rings. The second kappa shape index (κ2) is 7.91. The second-order valence-electron chi connectivity index (χ2n) is 8.83. The van der Waals surface area contributed by atoms with Gasteiger partial charge in [-0.05, 0) is 23.8 Å². The number of amides is 3. The number of fused-ring (bicyclic) bond motifs is 1. The number of thioether (sulfide) groups is 1. The van der Waals surface area contributed by atoms with E-state index in [1.807, 2.05) is 29.1 Å². The highest BCUT2D eigenvalue weighted by molar-refractivity contribution is 8.15. The zero-order valence-corrected chi connectivity index (χ0v) is 18.2. The molecule has 2 aliphatic rings. The van der Waals surface area contributed by atoms with Crippen molar-refractivity contribution in [1.82, 2.24) is 20.0 Å². The van der Waals surface area contributed by atoms with Crippen LogP contribution in [0.4, 0.5) is 4.79 Å². The standard InChI is InChI=1S/C22H26N4O3S/c1-22(2)10-16(24-19(27)9-18-20(28)25(3)21(29)30-18)15-12-23-26(17(15)11-22)13-14-7-5-4-6-8-14/h4-8,12,16,18H,9-11,13H2,1-3H3,(H,24,27). The van der Waals surface area contributed by atoms with Gasteiger partial charge >= 0.3 is 0 Å². The van der Waals surface area contributed by atoms with E-state index in [0.29, 0.717) is 6.54 Å². The number of nitrogens with one attached hydrogen (secondary N) is 1. The molecule has 1 aliphatic heterocycles. The van der Waals surface area contributed by atoms with Gasteiger partial charge in [-0.25, -0.2) is 0 Å². The maximum absolute atomic E-state index is 12.7. The molecule has 1 aromatic carbocycles. The van der Waals surface area contributed by atoms with Crippen LogP contribution in [0.15, 0.2) is 36.5 Å². The van der Waals surface area contributed by atoms with Gasteiger partial charge in [-0.15, -0.1) is 0 Å². The van der Waals surface area contributed by atoms with Gasteiger partial charge in [0.15, 0.2) is 0 Å². The molecule has 158 valence electrons. The van der Waals surface area contributed by atoms with Crippen LogP contribution in [0.3, 0.4) is 0 Å². The fourth-order valence-corrected chi connectivity index (χ4v) is 5.21. The zero-order chi connectivity index (χ0) is 21.5. The van der Waals surface area contributed by atoms with Crippen LogP contribution >= 0.6 is 11.8 Å². The largest absolute Gasteiger partial charge is 0.349 e. The van der Waals surface area contributed by atoms with Gasteiger partial charge in [0.1, 0.15) is 5.25 Å². The summed E-state index contributed by atoms with van der Waals surface area (Å²) in [6.07, 6.45) is 3.54. The molecule has 3 amide bonds. The molecule has 30 heavy (non-hydrogen) atoms. The highest BCUT2D eigenvalue weighted by atomic mass is 32.2. The first-order chi connectivity index (χ1) is 14.2. The first-order valence-electron chi connectivity index (χ1n) is 10.1. The number of carbonyl (C=O) groups excluding carboxylic acids is 3. The Morgan fingerprint density at radius 2 is 2.00 bits per heavy atom. The first-order valence-corrected chi connectivity index (χ1v) is 11.0. The maximum Gasteiger partial charge on any atom is 0.288 e. The first kappa shape index (κ1) is 20.7. The van der Waals surface area contributed by atoms with E-state index >= 15 is 0 Å². The monoisotopic (exact) mass is 426 g/mol. The van der Waals surface area contributed by atoms with Gasteiger partial charge in [0.25, 0.3) is 5.24 Å². The third-order valence-electron chi connectivity index (χ3n) is 5.76. The fourth-order valence-electron chi connectivity index (χ4n) is 4.23. The van der Waals surface area contributed by atoms with Gasteiger partial charge in [0.2, 0.25) is 11.8 Å². The van der Waals surface area contributed by atoms with E-state index < -0.39 is 5.25 Å². The molecule has 1 saturated heterocycles. The van der Waals surface area contributed by atoms with Gasteiger partial charge in [-0.2, -0.15) is 5.10 Å². The van der Waals surface area contributed by atoms with Gasteiger partial charge in [0, 0.05) is 24.7 Å². The number of hydrogen-bond donors (Lipinski definition) is 1. The Hall–Kier alpha value is -2.61. The molecule has 2 atom stereocenters. The van der Waals surface area contributed by atoms with Crippen molar-refractivity contribution < 1.29 is 14.4 Å². The van der Waals surface area contributed by atoms with E-state index in [4.69, 9.17) is 0 Å². The molecule has 0 radical (unpaired) electrons. The average Bonchev–Trinajstić information content (AvgIpc) is 3.18. The quantitative estimate of drug-likeness (QED) is 0.794. The van der Waals surface area contributed by atoms with Gasteiger partial charge in [-0.3, -0.25) is 24.0 Å². The van der Waals surface area contributed by atoms with Gasteiger partial charge in [-0.1, -0.05) is 55.9 Å². The molecule has 8 heteroatoms. The Kier molecular flexibility index (Phi) is 5.44. The second-order valence-corrected chi connectivity index (χ2v) is 9.98. The minimum absolute atomic E-state index is 0.00396. The highest BCUT2D eigenvalue weighted by Gasteiger charge is 2.40. The van der Waals surface area contributed by atoms with Crippen LogP contribution in [-0.4, -0.2) is 44.0 Å². The number of aromatic nitrogens is 2. The number of imide groups is 1. The van der Waals surface area contributed by atoms with Crippen molar-refractivity contribution in [2.75, 3.05) is 7.05 Å². The highest BCUT2D eigenvalue weighted by Crippen LogP contribution is 2.41. The Morgan fingerprint density at radius 3 is 2.67 bits per heavy atom. The van der Waals surface area contributed by atoms with Crippen molar-refractivity contribution in [2.24, 2.45) is 5.41 Å². The number of hydrogen-bond acceptors (Lipinski definition) is 5. The lowest BCUT2D eigenvalue weighted by Gasteiger charge is -2.36. The van der Waals surface area contributed by atoms with Crippen LogP contribution in [0, 0.1) is 5.41 Å². The number of nitrogens with zero attached hydrogens (tertiary/aromatic N) is 3. The van der Waals surface area contributed by atoms with Crippen molar-refractivity contribution in [3.05, 3.63) is 53.3 Å². The van der Waals surface area contributed by atoms with Gasteiger partial charge in [0.05, 0.1) is 18.8 Å². The maximum atomic E-state index is 12.7. The predicted octanol–water partition coefficient (Wildman–Crippen LogP) is 3.15. The fraction of sp³-hybridized carbons (Fsp3) is 0.455. The Labute approximate surface area is 180 Å². The predicted molar refractivity (Wildman–Crippen MR) is 115 cm³/mol. The molecular weight excluding hydrogens is 400 g/mol. The third-order valence-corrected chi connectivity index (χ3v) is 6.89. The molecule has 7 nitrogen and oxygen atoms in total. The summed E-state index contributed by atoms with van der Waals surface area (Å²) in [6, 6.07) is 10.0. The number of carbonyl (C=O) groups is 3. The lowest BCUT2D eigenvalue weighted by molar-refractivity contribution is -0.129. The number of benzene rings is 1. The van der Waals surface area contributed by atoms with Gasteiger partial charge < -0.3 is 5.32 Å². The van der Waals surface area contributed by atoms with E-state index in [0.717, 1.165) is 40.8 Å². The minimum atomic E-state index is -0.639. The average molecular weight is 427 g/mol. The molecule has 2 heterocycles. The summed E-state index contributed by atoms with van der Waals surface area (Å²) < 4.78 is 2.02. The van der Waals surface area contributed by atoms with E-state index in [1.54, 1.807) is 0 Å². The minimum Gasteiger partial charge on any atom is -0.349 e. The van der Waals surface area contributed by atoms with Crippen LogP contribution < -0.4 is 5.32 Å². The molecule has 4 rings (SSSR count). The summed E-state index contributed by atoms with van der Waals surface area (Å²) in [7, 11) is 1.45. The SMILES string of the molecule is CN1C(=O)SC(CC(=O)NC2CC(C)(C)Cc3c2cnn3Cc2ccccc2)C1=O. The summed E-state index contributed by atoms with van der Waals surface area (Å²) in [5.74, 6) is -0.520. The molecule has 1 N–H and O–H groups in total. The van der Waals surface area contributed by atoms with Crippen molar-refractivity contribution >= 4 is 28.8 Å². The molecule has 2 aromatic rings. The smallest absolute Gasteiger partial charge is 0.288 e. The van der Waals surface area contributed by atoms with E-state index in [9.17, 15) is 14.4 Å². The van der Waals surface area contributed by atoms with Crippen LogP contribution in [-0.2, 0) is 22.6 Å². The van der Waals surface area contributed by atoms with E-state index in [2.05, 4.69) is 36.4 Å². The lowest BCUT2D eigenvalue weighted by Crippen LogP contribution is -2.38. The van der Waals surface area contributed by atoms with Crippen molar-refractivity contribution in [1.29, 1.82) is 0 Å². The Morgan fingerprint density at radius 1 is 1.27 bits per heavy atom. The van der Waals surface area contributed by atoms with Crippen LogP contribution in [0.1, 0.15) is 49.6 Å². The lowest BCUT2D eigenvalue weighted by atomic mass is 9.74. The summed E-state index contributed by atoms with van der Waals surface area (Å²) >= 11 is 0.923. The molecule has 1 aromatic heterocycles. The zero-order valence-electron chi connectivity index (χ0n) is 17.4. The van der Waals surface area contributed by atoms with Crippen molar-refractivity contribution in [3.63, 3.8) is 0 Å². The molecule has 2 unspecified atom stereocenters. The third kappa shape index (κ3) is 4.14. The number of rotatable bonds is 5. The summed E-state index contributed by atoms with van der Waals surface area (Å²) in [4.78, 5) is 37.6. The Bertz CT molecular complexity index is 986. The van der Waals surface area contributed by atoms with E-state index in [-0.39, 0.29) is 34.9 Å². The summed E-state index contributed by atoms with van der Waals surface area (Å²) in [6.45, 7) is 5.08. The van der Waals surface area contributed by atoms with Crippen LogP contribution in [0.25, 0.3) is 0 Å². The normalized spacial score (nSPS) is 22.8. The molecule has 0 bridgehead atoms. The summed E-state index contributed by atoms with van der Waals surface area (Å²) in [5.41, 5.74) is 3.37. The van der Waals surface area contributed by atoms with Crippen molar-refractivity contribution in [2.45, 2.75) is 50.9 Å². The summed E-state index contributed by atoms with van der Waals surface area (Å²) in [5, 5.41) is 6.76. The molecular formula is C22H26N4O3S. The van der Waals surface area contributed by atoms with Crippen molar-refractivity contribution in [3.8, 4) is 0 Å².